The molecule has 0 unspecified atom stereocenters. The summed E-state index contributed by atoms with van der Waals surface area (Å²) >= 11 is 1.42. The van der Waals surface area contributed by atoms with E-state index in [0.717, 1.165) is 26.9 Å². The largest absolute Gasteiger partial charge is 0.282 e. The third-order valence-electron chi connectivity index (χ3n) is 5.62. The van der Waals surface area contributed by atoms with Gasteiger partial charge in [0.2, 0.25) is 5.91 Å². The molecular weight excluding hydrogens is 454 g/mol. The third kappa shape index (κ3) is 5.12. The number of hydrogen-bond donors (Lipinski definition) is 0. The fourth-order valence-electron chi connectivity index (χ4n) is 3.47. The summed E-state index contributed by atoms with van der Waals surface area (Å²) in [4.78, 5) is 24.2. The number of rotatable bonds is 7. The predicted octanol–water partition coefficient (Wildman–Crippen LogP) is 5.01. The van der Waals surface area contributed by atoms with Crippen molar-refractivity contribution in [1.29, 1.82) is 0 Å². The molecule has 0 aliphatic carbocycles. The predicted molar refractivity (Wildman–Crippen MR) is 132 cm³/mol. The third-order valence-corrected chi connectivity index (χ3v) is 8.39. The van der Waals surface area contributed by atoms with Gasteiger partial charge in [-0.1, -0.05) is 41.2 Å². The van der Waals surface area contributed by atoms with Crippen LogP contribution in [0, 0.1) is 20.8 Å². The first-order valence-corrected chi connectivity index (χ1v) is 13.1. The van der Waals surface area contributed by atoms with Crippen LogP contribution in [-0.4, -0.2) is 30.0 Å². The first kappa shape index (κ1) is 23.1. The smallest absolute Gasteiger partial charge is 0.230 e. The molecular formula is C25H25N3O3S2. The topological polar surface area (TPSA) is 80.2 Å². The van der Waals surface area contributed by atoms with Crippen LogP contribution in [0.2, 0.25) is 0 Å². The summed E-state index contributed by atoms with van der Waals surface area (Å²) in [7, 11) is -3.58. The van der Waals surface area contributed by atoms with E-state index in [1.165, 1.54) is 11.3 Å². The molecule has 0 radical (unpaired) electrons. The van der Waals surface area contributed by atoms with Crippen LogP contribution in [0.1, 0.15) is 28.8 Å². The summed E-state index contributed by atoms with van der Waals surface area (Å²) in [6, 6.07) is 16.2. The summed E-state index contributed by atoms with van der Waals surface area (Å²) in [5.41, 5.74) is 4.75. The lowest BCUT2D eigenvalue weighted by atomic mass is 10.1. The molecule has 8 heteroatoms. The van der Waals surface area contributed by atoms with Crippen LogP contribution in [0.15, 0.2) is 65.7 Å². The number of sulfone groups is 1. The van der Waals surface area contributed by atoms with E-state index in [-0.39, 0.29) is 29.5 Å². The van der Waals surface area contributed by atoms with Crippen LogP contribution in [-0.2, 0) is 21.2 Å². The Labute approximate surface area is 197 Å². The number of aryl methyl sites for hydroxylation is 3. The lowest BCUT2D eigenvalue weighted by Gasteiger charge is -2.19. The lowest BCUT2D eigenvalue weighted by Crippen LogP contribution is -2.32. The maximum Gasteiger partial charge on any atom is 0.230 e. The van der Waals surface area contributed by atoms with E-state index >= 15 is 0 Å². The second kappa shape index (κ2) is 9.41. The van der Waals surface area contributed by atoms with Gasteiger partial charge in [0.15, 0.2) is 15.0 Å². The van der Waals surface area contributed by atoms with Crippen molar-refractivity contribution in [3.8, 4) is 0 Å². The van der Waals surface area contributed by atoms with Crippen molar-refractivity contribution < 1.29 is 13.2 Å². The van der Waals surface area contributed by atoms with Crippen LogP contribution >= 0.6 is 11.3 Å². The summed E-state index contributed by atoms with van der Waals surface area (Å²) < 4.78 is 26.6. The number of aromatic nitrogens is 2. The molecule has 0 aliphatic rings. The number of hydrogen-bond acceptors (Lipinski definition) is 6. The Morgan fingerprint density at radius 1 is 1.00 bits per heavy atom. The number of thiazole rings is 1. The van der Waals surface area contributed by atoms with Gasteiger partial charge in [0.1, 0.15) is 0 Å². The minimum absolute atomic E-state index is 0.142. The molecule has 0 aliphatic heterocycles. The van der Waals surface area contributed by atoms with Crippen LogP contribution in [0.5, 0.6) is 0 Å². The molecule has 2 heterocycles. The van der Waals surface area contributed by atoms with Crippen LogP contribution in [0.4, 0.5) is 5.13 Å². The monoisotopic (exact) mass is 479 g/mol. The second-order valence-electron chi connectivity index (χ2n) is 8.03. The van der Waals surface area contributed by atoms with E-state index in [1.807, 2.05) is 51.1 Å². The van der Waals surface area contributed by atoms with Gasteiger partial charge in [-0.25, -0.2) is 13.4 Å². The van der Waals surface area contributed by atoms with Crippen molar-refractivity contribution in [3.63, 3.8) is 0 Å². The molecule has 2 aromatic carbocycles. The van der Waals surface area contributed by atoms with Gasteiger partial charge in [-0.2, -0.15) is 0 Å². The van der Waals surface area contributed by atoms with Crippen molar-refractivity contribution >= 4 is 42.4 Å². The molecule has 0 spiro atoms. The molecule has 2 aromatic heterocycles. The van der Waals surface area contributed by atoms with Crippen molar-refractivity contribution in [3.05, 3.63) is 83.2 Å². The second-order valence-corrected chi connectivity index (χ2v) is 11.2. The van der Waals surface area contributed by atoms with Gasteiger partial charge in [0, 0.05) is 12.6 Å². The molecule has 4 rings (SSSR count). The number of pyridine rings is 1. The Kier molecular flexibility index (Phi) is 6.58. The number of nitrogens with zero attached hydrogens (tertiary/aromatic N) is 3. The van der Waals surface area contributed by atoms with Crippen LogP contribution < -0.4 is 4.90 Å². The van der Waals surface area contributed by atoms with Gasteiger partial charge in [-0.3, -0.25) is 14.7 Å². The highest BCUT2D eigenvalue weighted by Gasteiger charge is 2.24. The Hall–Kier alpha value is -3.10. The van der Waals surface area contributed by atoms with Gasteiger partial charge < -0.3 is 0 Å². The number of carbonyl (C=O) groups is 1. The zero-order chi connectivity index (χ0) is 23.6. The summed E-state index contributed by atoms with van der Waals surface area (Å²) in [6.45, 7) is 6.17. The van der Waals surface area contributed by atoms with Gasteiger partial charge in [0.05, 0.1) is 33.1 Å². The maximum atomic E-state index is 13.3. The number of anilines is 1. The minimum atomic E-state index is -3.58. The highest BCUT2D eigenvalue weighted by atomic mass is 32.2. The van der Waals surface area contributed by atoms with E-state index in [4.69, 9.17) is 4.98 Å². The minimum Gasteiger partial charge on any atom is -0.282 e. The zero-order valence-corrected chi connectivity index (χ0v) is 20.4. The average molecular weight is 480 g/mol. The molecule has 0 fully saturated rings. The summed E-state index contributed by atoms with van der Waals surface area (Å²) in [5, 5.41) is 0.544. The van der Waals surface area contributed by atoms with E-state index in [9.17, 15) is 13.2 Å². The molecule has 0 atom stereocenters. The number of fused-ring (bicyclic) bond motifs is 1. The lowest BCUT2D eigenvalue weighted by molar-refractivity contribution is -0.118. The van der Waals surface area contributed by atoms with Crippen molar-refractivity contribution in [1.82, 2.24) is 9.97 Å². The normalized spacial score (nSPS) is 11.6. The first-order valence-electron chi connectivity index (χ1n) is 10.6. The quantitative estimate of drug-likeness (QED) is 0.372. The SMILES string of the molecule is Cc1ccc(S(=O)(=O)CCC(=O)N(Cc2ccccn2)c2nc3c(C)c(C)ccc3s2)cc1. The molecule has 6 nitrogen and oxygen atoms in total. The Balaban J connectivity index is 1.62. The van der Waals surface area contributed by atoms with Gasteiger partial charge in [0.25, 0.3) is 0 Å². The van der Waals surface area contributed by atoms with E-state index in [1.54, 1.807) is 35.4 Å². The van der Waals surface area contributed by atoms with Gasteiger partial charge >= 0.3 is 0 Å². The fourth-order valence-corrected chi connectivity index (χ4v) is 5.74. The molecule has 0 N–H and O–H groups in total. The first-order chi connectivity index (χ1) is 15.7. The molecule has 0 bridgehead atoms. The maximum absolute atomic E-state index is 13.3. The number of benzene rings is 2. The van der Waals surface area contributed by atoms with Crippen LogP contribution in [0.3, 0.4) is 0 Å². The van der Waals surface area contributed by atoms with E-state index < -0.39 is 9.84 Å². The Morgan fingerprint density at radius 3 is 2.45 bits per heavy atom. The molecule has 0 saturated heterocycles. The van der Waals surface area contributed by atoms with Gasteiger partial charge in [-0.05, 0) is 62.2 Å². The highest BCUT2D eigenvalue weighted by molar-refractivity contribution is 7.91. The molecule has 33 heavy (non-hydrogen) atoms. The Bertz CT molecular complexity index is 1400. The van der Waals surface area contributed by atoms with Gasteiger partial charge in [-0.15, -0.1) is 0 Å². The van der Waals surface area contributed by atoms with E-state index in [2.05, 4.69) is 4.98 Å². The molecule has 170 valence electrons. The highest BCUT2D eigenvalue weighted by Crippen LogP contribution is 2.33. The average Bonchev–Trinajstić information content (AvgIpc) is 3.24. The summed E-state index contributed by atoms with van der Waals surface area (Å²) in [6.07, 6.45) is 1.53. The van der Waals surface area contributed by atoms with Crippen molar-refractivity contribution in [2.75, 3.05) is 10.7 Å². The Morgan fingerprint density at radius 2 is 1.76 bits per heavy atom. The van der Waals surface area contributed by atoms with Crippen molar-refractivity contribution in [2.24, 2.45) is 0 Å². The number of carbonyl (C=O) groups excluding carboxylic acids is 1. The molecule has 0 saturated carbocycles. The number of amides is 1. The zero-order valence-electron chi connectivity index (χ0n) is 18.8. The standard InChI is InChI=1S/C25H25N3O3S2/c1-17-7-10-21(11-8-17)33(30,31)15-13-23(29)28(16-20-6-4-5-14-26-20)25-27-24-19(3)18(2)9-12-22(24)32-25/h4-12,14H,13,15-16H2,1-3H3. The molecule has 4 aromatic rings. The fraction of sp³-hybridized carbons (Fsp3) is 0.240. The summed E-state index contributed by atoms with van der Waals surface area (Å²) in [5.74, 6) is -0.568. The van der Waals surface area contributed by atoms with E-state index in [0.29, 0.717) is 10.8 Å². The van der Waals surface area contributed by atoms with Crippen molar-refractivity contribution in [2.45, 2.75) is 38.6 Å². The molecule has 1 amide bonds. The van der Waals surface area contributed by atoms with Crippen LogP contribution in [0.25, 0.3) is 10.2 Å².